The predicted molar refractivity (Wildman–Crippen MR) is 75.7 cm³/mol. The second kappa shape index (κ2) is 5.30. The van der Waals surface area contributed by atoms with Crippen LogP contribution in [-0.2, 0) is 10.1 Å². The van der Waals surface area contributed by atoms with Crippen LogP contribution in [0.3, 0.4) is 0 Å². The minimum atomic E-state index is -4.43. The number of nitrogen functional groups attached to an aromatic ring is 3. The minimum absolute atomic E-state index is 0.0469. The Labute approximate surface area is 119 Å². The Balaban J connectivity index is 2.49. The van der Waals surface area contributed by atoms with E-state index in [1.807, 2.05) is 0 Å². The van der Waals surface area contributed by atoms with E-state index in [1.165, 1.54) is 24.3 Å². The smallest absolute Gasteiger partial charge is 0.296 e. The summed E-state index contributed by atoms with van der Waals surface area (Å²) < 4.78 is 31.5. The third-order valence-corrected chi connectivity index (χ3v) is 3.26. The van der Waals surface area contributed by atoms with Gasteiger partial charge in [0.1, 0.15) is 10.6 Å². The number of hydrogen-bond donors (Lipinski definition) is 4. The Bertz CT molecular complexity index is 796. The van der Waals surface area contributed by atoms with Gasteiger partial charge in [0.2, 0.25) is 5.95 Å². The monoisotopic (exact) mass is 309 g/mol. The van der Waals surface area contributed by atoms with Crippen LogP contribution in [0.25, 0.3) is 0 Å². The molecule has 0 saturated carbocycles. The molecule has 0 fully saturated rings. The molecule has 0 bridgehead atoms. The van der Waals surface area contributed by atoms with Crippen molar-refractivity contribution in [3.05, 3.63) is 24.3 Å². The van der Waals surface area contributed by atoms with Gasteiger partial charge in [0.25, 0.3) is 10.1 Å². The summed E-state index contributed by atoms with van der Waals surface area (Å²) in [5.41, 5.74) is 16.4. The highest BCUT2D eigenvalue weighted by atomic mass is 32.2. The number of azo groups is 1. The average molecular weight is 309 g/mol. The molecule has 7 N–H and O–H groups in total. The molecule has 0 atom stereocenters. The lowest BCUT2D eigenvalue weighted by molar-refractivity contribution is 0.483. The summed E-state index contributed by atoms with van der Waals surface area (Å²) in [6.45, 7) is 0. The number of nitrogens with zero attached hydrogens (tertiary/aromatic N) is 4. The fourth-order valence-electron chi connectivity index (χ4n) is 1.47. The van der Waals surface area contributed by atoms with Crippen LogP contribution in [-0.4, -0.2) is 22.9 Å². The van der Waals surface area contributed by atoms with Crippen molar-refractivity contribution >= 4 is 39.1 Å². The molecule has 2 aromatic rings. The van der Waals surface area contributed by atoms with Gasteiger partial charge >= 0.3 is 0 Å². The van der Waals surface area contributed by atoms with Crippen LogP contribution in [0.5, 0.6) is 0 Å². The predicted octanol–water partition coefficient (Wildman–Crippen LogP) is 0.885. The number of hydrogen-bond acceptors (Lipinski definition) is 9. The molecule has 11 heteroatoms. The highest BCUT2D eigenvalue weighted by molar-refractivity contribution is 7.86. The van der Waals surface area contributed by atoms with Crippen molar-refractivity contribution < 1.29 is 13.0 Å². The molecule has 0 aliphatic carbocycles. The van der Waals surface area contributed by atoms with E-state index in [2.05, 4.69) is 20.2 Å². The third-order valence-electron chi connectivity index (χ3n) is 2.36. The lowest BCUT2D eigenvalue weighted by atomic mass is 10.3. The number of rotatable bonds is 3. The lowest BCUT2D eigenvalue weighted by Crippen LogP contribution is -2.03. The zero-order valence-corrected chi connectivity index (χ0v) is 11.3. The first-order valence-corrected chi connectivity index (χ1v) is 6.90. The summed E-state index contributed by atoms with van der Waals surface area (Å²) in [6, 6.07) is 5.47. The molecular formula is C10H11N7O3S. The van der Waals surface area contributed by atoms with Crippen molar-refractivity contribution in [1.82, 2.24) is 9.97 Å². The van der Waals surface area contributed by atoms with Gasteiger partial charge in [0, 0.05) is 0 Å². The molecule has 2 rings (SSSR count). The lowest BCUT2D eigenvalue weighted by Gasteiger charge is -2.03. The summed E-state index contributed by atoms with van der Waals surface area (Å²) in [7, 11) is -4.43. The molecule has 0 saturated heterocycles. The van der Waals surface area contributed by atoms with Crippen LogP contribution in [0, 0.1) is 0 Å². The van der Waals surface area contributed by atoms with E-state index in [4.69, 9.17) is 21.8 Å². The fraction of sp³-hybridized carbons (Fsp3) is 0. The van der Waals surface area contributed by atoms with Crippen molar-refractivity contribution in [2.45, 2.75) is 4.90 Å². The normalized spacial score (nSPS) is 11.9. The Morgan fingerprint density at radius 1 is 1.00 bits per heavy atom. The Morgan fingerprint density at radius 2 is 1.57 bits per heavy atom. The quantitative estimate of drug-likeness (QED) is 0.475. The molecule has 0 spiro atoms. The van der Waals surface area contributed by atoms with Gasteiger partial charge in [-0.3, -0.25) is 4.55 Å². The van der Waals surface area contributed by atoms with Crippen LogP contribution in [0.15, 0.2) is 39.4 Å². The van der Waals surface area contributed by atoms with Gasteiger partial charge in [-0.15, -0.1) is 10.2 Å². The minimum Gasteiger partial charge on any atom is -0.382 e. The summed E-state index contributed by atoms with van der Waals surface area (Å²) in [5, 5.41) is 7.41. The van der Waals surface area contributed by atoms with Gasteiger partial charge in [0.15, 0.2) is 17.3 Å². The second-order valence-corrected chi connectivity index (χ2v) is 5.23. The summed E-state index contributed by atoms with van der Waals surface area (Å²) in [5.74, 6) is -0.330. The van der Waals surface area contributed by atoms with Crippen LogP contribution in [0.4, 0.5) is 29.0 Å². The first-order valence-electron chi connectivity index (χ1n) is 5.46. The van der Waals surface area contributed by atoms with E-state index < -0.39 is 15.0 Å². The standard InChI is InChI=1S/C10H11N7O3S/c11-8-7(9(12)15-10(13)14-8)17-16-5-3-1-2-4-6(5)21(18,19)20/h1-4H,(H,18,19,20)(H6,11,12,13,14,15). The topological polar surface area (TPSA) is 183 Å². The second-order valence-electron chi connectivity index (χ2n) is 3.84. The summed E-state index contributed by atoms with van der Waals surface area (Å²) in [4.78, 5) is 6.92. The highest BCUT2D eigenvalue weighted by Gasteiger charge is 2.15. The van der Waals surface area contributed by atoms with Crippen LogP contribution < -0.4 is 17.2 Å². The maximum Gasteiger partial charge on any atom is 0.296 e. The number of nitrogens with two attached hydrogens (primary N) is 3. The van der Waals surface area contributed by atoms with Gasteiger partial charge in [0.05, 0.1) is 0 Å². The molecule has 1 aromatic heterocycles. The van der Waals surface area contributed by atoms with Crippen molar-refractivity contribution in [3.63, 3.8) is 0 Å². The van der Waals surface area contributed by atoms with Crippen molar-refractivity contribution in [2.24, 2.45) is 10.2 Å². The van der Waals surface area contributed by atoms with Crippen molar-refractivity contribution in [3.8, 4) is 0 Å². The highest BCUT2D eigenvalue weighted by Crippen LogP contribution is 2.30. The van der Waals surface area contributed by atoms with Gasteiger partial charge in [-0.05, 0) is 12.1 Å². The van der Waals surface area contributed by atoms with Crippen LogP contribution in [0.1, 0.15) is 0 Å². The zero-order chi connectivity index (χ0) is 15.6. The van der Waals surface area contributed by atoms with Crippen molar-refractivity contribution in [2.75, 3.05) is 17.2 Å². The summed E-state index contributed by atoms with van der Waals surface area (Å²) in [6.07, 6.45) is 0. The molecule has 10 nitrogen and oxygen atoms in total. The van der Waals surface area contributed by atoms with E-state index in [9.17, 15) is 8.42 Å². The van der Waals surface area contributed by atoms with E-state index in [0.717, 1.165) is 0 Å². The molecule has 110 valence electrons. The molecular weight excluding hydrogens is 298 g/mol. The molecule has 1 heterocycles. The Morgan fingerprint density at radius 3 is 2.14 bits per heavy atom. The molecule has 1 aromatic carbocycles. The fourth-order valence-corrected chi connectivity index (χ4v) is 2.10. The van der Waals surface area contributed by atoms with Gasteiger partial charge in [-0.1, -0.05) is 12.1 Å². The van der Waals surface area contributed by atoms with E-state index in [0.29, 0.717) is 0 Å². The number of anilines is 3. The molecule has 0 aliphatic rings. The van der Waals surface area contributed by atoms with Gasteiger partial charge in [-0.2, -0.15) is 18.4 Å². The van der Waals surface area contributed by atoms with Crippen LogP contribution in [0.2, 0.25) is 0 Å². The summed E-state index contributed by atoms with van der Waals surface area (Å²) >= 11 is 0. The average Bonchev–Trinajstić information content (AvgIpc) is 2.36. The molecule has 0 aliphatic heterocycles. The largest absolute Gasteiger partial charge is 0.382 e. The SMILES string of the molecule is Nc1nc(N)c(N=Nc2ccccc2S(=O)(=O)O)c(N)n1. The number of benzene rings is 1. The molecule has 0 amide bonds. The van der Waals surface area contributed by atoms with E-state index in [1.54, 1.807) is 0 Å². The van der Waals surface area contributed by atoms with E-state index in [-0.39, 0.29) is 29.0 Å². The van der Waals surface area contributed by atoms with Crippen molar-refractivity contribution in [1.29, 1.82) is 0 Å². The molecule has 0 unspecified atom stereocenters. The zero-order valence-electron chi connectivity index (χ0n) is 10.5. The maximum atomic E-state index is 11.2. The first-order chi connectivity index (χ1) is 9.79. The number of aromatic nitrogens is 2. The Hall–Kier alpha value is -2.79. The Kier molecular flexibility index (Phi) is 3.69. The van der Waals surface area contributed by atoms with Gasteiger partial charge < -0.3 is 17.2 Å². The third kappa shape index (κ3) is 3.21. The molecule has 21 heavy (non-hydrogen) atoms. The molecule has 0 radical (unpaired) electrons. The maximum absolute atomic E-state index is 11.2. The first kappa shape index (κ1) is 14.6. The van der Waals surface area contributed by atoms with Gasteiger partial charge in [-0.25, -0.2) is 0 Å². The van der Waals surface area contributed by atoms with Crippen LogP contribution >= 0.6 is 0 Å². The van der Waals surface area contributed by atoms with E-state index >= 15 is 0 Å².